The number of carbonyl (C=O) groups excluding carboxylic acids is 1. The number of urea groups is 1. The molecule has 0 bridgehead atoms. The summed E-state index contributed by atoms with van der Waals surface area (Å²) in [5, 5.41) is 3.77. The number of nitrogens with zero attached hydrogens (tertiary/aromatic N) is 2. The van der Waals surface area contributed by atoms with E-state index in [1.54, 1.807) is 0 Å². The molecule has 0 radical (unpaired) electrons. The number of amides is 2. The lowest BCUT2D eigenvalue weighted by Gasteiger charge is -2.27. The van der Waals surface area contributed by atoms with Gasteiger partial charge in [-0.25, -0.2) is 15.6 Å². The van der Waals surface area contributed by atoms with Crippen LogP contribution in [0.3, 0.4) is 0 Å². The molecule has 0 aliphatic rings. The molecule has 4 N–H and O–H groups in total. The maximum absolute atomic E-state index is 11.9. The van der Waals surface area contributed by atoms with Gasteiger partial charge in [0.25, 0.3) is 0 Å². The number of nitrogens with one attached hydrogen (secondary N) is 2. The lowest BCUT2D eigenvalue weighted by Crippen LogP contribution is -2.34. The lowest BCUT2D eigenvalue weighted by molar-refractivity contribution is 0.252. The van der Waals surface area contributed by atoms with E-state index in [0.717, 1.165) is 44.5 Å². The molecule has 4 aromatic rings. The summed E-state index contributed by atoms with van der Waals surface area (Å²) >= 11 is 12.3. The largest absolute Gasteiger partial charge is 0.369 e. The fraction of sp³-hybridized carbons (Fsp3) is 0.185. The monoisotopic (exact) mass is 507 g/mol. The van der Waals surface area contributed by atoms with Crippen LogP contribution in [-0.2, 0) is 0 Å². The second-order valence-corrected chi connectivity index (χ2v) is 8.89. The van der Waals surface area contributed by atoms with Gasteiger partial charge in [0.15, 0.2) is 0 Å². The zero-order valence-corrected chi connectivity index (χ0v) is 20.9. The molecule has 0 aliphatic carbocycles. The summed E-state index contributed by atoms with van der Waals surface area (Å²) in [6, 6.07) is 23.7. The van der Waals surface area contributed by atoms with E-state index in [-0.39, 0.29) is 0 Å². The molecule has 4 rings (SSSR count). The molecule has 1 heterocycles. The Hall–Kier alpha value is -3.32. The highest BCUT2D eigenvalue weighted by Gasteiger charge is 2.18. The Kier molecular flexibility index (Phi) is 8.08. The normalized spacial score (nSPS) is 10.9. The molecule has 3 aromatic carbocycles. The second-order valence-electron chi connectivity index (χ2n) is 8.14. The number of benzene rings is 3. The van der Waals surface area contributed by atoms with Gasteiger partial charge >= 0.3 is 6.03 Å². The van der Waals surface area contributed by atoms with Gasteiger partial charge in [0.1, 0.15) is 0 Å². The molecule has 2 amide bonds. The number of anilines is 2. The van der Waals surface area contributed by atoms with Crippen molar-refractivity contribution in [3.63, 3.8) is 0 Å². The average Bonchev–Trinajstić information content (AvgIpc) is 2.88. The Bertz CT molecular complexity index is 1340. The molecule has 8 heteroatoms. The Labute approximate surface area is 215 Å². The molecule has 0 spiro atoms. The van der Waals surface area contributed by atoms with E-state index < -0.39 is 6.03 Å². The third-order valence-corrected chi connectivity index (χ3v) is 6.09. The predicted octanol–water partition coefficient (Wildman–Crippen LogP) is 6.16. The van der Waals surface area contributed by atoms with Crippen molar-refractivity contribution in [3.05, 3.63) is 78.4 Å². The van der Waals surface area contributed by atoms with Gasteiger partial charge in [0.2, 0.25) is 0 Å². The first-order chi connectivity index (χ1) is 17.0. The van der Waals surface area contributed by atoms with Gasteiger partial charge in [0, 0.05) is 52.7 Å². The van der Waals surface area contributed by atoms with Crippen LogP contribution in [-0.4, -0.2) is 35.9 Å². The van der Waals surface area contributed by atoms with Crippen LogP contribution in [0.25, 0.3) is 33.3 Å². The minimum Gasteiger partial charge on any atom is -0.369 e. The first-order valence-electron chi connectivity index (χ1n) is 11.3. The van der Waals surface area contributed by atoms with E-state index in [2.05, 4.69) is 52.9 Å². The maximum atomic E-state index is 11.9. The van der Waals surface area contributed by atoms with Crippen molar-refractivity contribution < 1.29 is 4.79 Å². The molecule has 6 nitrogen and oxygen atoms in total. The van der Waals surface area contributed by atoms with Crippen LogP contribution in [0.15, 0.2) is 72.8 Å². The number of hydrazine groups is 1. The molecule has 1 aromatic heterocycles. The zero-order valence-electron chi connectivity index (χ0n) is 19.4. The molecule has 35 heavy (non-hydrogen) atoms. The number of halogens is 2. The number of aromatic nitrogens is 1. The quantitative estimate of drug-likeness (QED) is 0.115. The highest BCUT2D eigenvalue weighted by atomic mass is 35.5. The number of para-hydroxylation sites is 1. The number of hydrogen-bond acceptors (Lipinski definition) is 4. The number of pyridine rings is 1. The van der Waals surface area contributed by atoms with Crippen molar-refractivity contribution in [3.8, 4) is 22.4 Å². The van der Waals surface area contributed by atoms with Crippen LogP contribution in [0.1, 0.15) is 5.56 Å². The van der Waals surface area contributed by atoms with Gasteiger partial charge in [-0.3, -0.25) is 5.43 Å². The number of hydrogen-bond donors (Lipinski definition) is 3. The summed E-state index contributed by atoms with van der Waals surface area (Å²) in [6.45, 7) is 3.33. The number of rotatable bonds is 8. The fourth-order valence-corrected chi connectivity index (χ4v) is 4.59. The highest BCUT2D eigenvalue weighted by Crippen LogP contribution is 2.39. The summed E-state index contributed by atoms with van der Waals surface area (Å²) in [7, 11) is 0. The van der Waals surface area contributed by atoms with E-state index >= 15 is 0 Å². The number of aryl methyl sites for hydroxylation is 1. The van der Waals surface area contributed by atoms with Crippen LogP contribution in [0.2, 0.25) is 0 Å². The first kappa shape index (κ1) is 24.8. The minimum atomic E-state index is -0.498. The van der Waals surface area contributed by atoms with E-state index in [4.69, 9.17) is 34.0 Å². The first-order valence-corrected chi connectivity index (χ1v) is 12.4. The van der Waals surface area contributed by atoms with Crippen molar-refractivity contribution in [2.75, 3.05) is 35.1 Å². The molecule has 0 aliphatic heterocycles. The van der Waals surface area contributed by atoms with Crippen molar-refractivity contribution in [2.24, 2.45) is 5.84 Å². The Balaban J connectivity index is 1.98. The Morgan fingerprint density at radius 3 is 2.43 bits per heavy atom. The van der Waals surface area contributed by atoms with Crippen molar-refractivity contribution in [2.45, 2.75) is 6.92 Å². The zero-order chi connectivity index (χ0) is 24.8. The molecule has 0 saturated carbocycles. The van der Waals surface area contributed by atoms with Crippen LogP contribution in [0.5, 0.6) is 0 Å². The third kappa shape index (κ3) is 5.68. The van der Waals surface area contributed by atoms with Gasteiger partial charge in [-0.15, -0.1) is 23.2 Å². The average molecular weight is 508 g/mol. The molecular weight excluding hydrogens is 481 g/mol. The summed E-state index contributed by atoms with van der Waals surface area (Å²) in [4.78, 5) is 19.0. The van der Waals surface area contributed by atoms with Gasteiger partial charge in [-0.2, -0.15) is 0 Å². The van der Waals surface area contributed by atoms with Crippen LogP contribution in [0, 0.1) is 6.92 Å². The molecule has 0 fully saturated rings. The van der Waals surface area contributed by atoms with Gasteiger partial charge in [0.05, 0.1) is 11.2 Å². The smallest absolute Gasteiger partial charge is 0.333 e. The van der Waals surface area contributed by atoms with E-state index in [1.807, 2.05) is 42.5 Å². The standard InChI is InChI=1S/C27H27Cl2N5O/c1-18-5-4-6-19(15-18)25-17-22(21-7-2-3-8-24(21)32-25)23-16-20(31-27(35)33-30)9-10-26(23)34(13-11-28)14-12-29/h2-10,15-17H,11-14,30H2,1H3,(H2,31,33,35). The predicted molar refractivity (Wildman–Crippen MR) is 147 cm³/mol. The Morgan fingerprint density at radius 1 is 0.943 bits per heavy atom. The highest BCUT2D eigenvalue weighted by molar-refractivity contribution is 6.18. The maximum Gasteiger partial charge on any atom is 0.333 e. The van der Waals surface area contributed by atoms with Crippen LogP contribution < -0.4 is 21.5 Å². The molecule has 0 unspecified atom stereocenters. The lowest BCUT2D eigenvalue weighted by atomic mass is 9.95. The number of carbonyl (C=O) groups is 1. The van der Waals surface area contributed by atoms with E-state index in [9.17, 15) is 4.79 Å². The SMILES string of the molecule is Cc1cccc(-c2cc(-c3cc(NC(=O)NN)ccc3N(CCCl)CCCl)c3ccccc3n2)c1. The summed E-state index contributed by atoms with van der Waals surface area (Å²) in [5.41, 5.74) is 9.57. The van der Waals surface area contributed by atoms with Crippen molar-refractivity contribution in [1.29, 1.82) is 0 Å². The van der Waals surface area contributed by atoms with E-state index in [1.165, 1.54) is 0 Å². The van der Waals surface area contributed by atoms with Crippen LogP contribution in [0.4, 0.5) is 16.2 Å². The summed E-state index contributed by atoms with van der Waals surface area (Å²) < 4.78 is 0. The fourth-order valence-electron chi connectivity index (χ4n) is 4.18. The molecule has 0 atom stereocenters. The number of nitrogens with two attached hydrogens (primary N) is 1. The van der Waals surface area contributed by atoms with Gasteiger partial charge in [-0.1, -0.05) is 42.0 Å². The third-order valence-electron chi connectivity index (χ3n) is 5.76. The van der Waals surface area contributed by atoms with Crippen molar-refractivity contribution in [1.82, 2.24) is 10.4 Å². The summed E-state index contributed by atoms with van der Waals surface area (Å²) in [6.07, 6.45) is 0. The van der Waals surface area contributed by atoms with Gasteiger partial charge < -0.3 is 10.2 Å². The second kappa shape index (κ2) is 11.4. The summed E-state index contributed by atoms with van der Waals surface area (Å²) in [5.74, 6) is 6.20. The Morgan fingerprint density at radius 2 is 1.71 bits per heavy atom. The molecular formula is C27H27Cl2N5O. The number of fused-ring (bicyclic) bond motifs is 1. The number of alkyl halides is 2. The van der Waals surface area contributed by atoms with Gasteiger partial charge in [-0.05, 0) is 48.9 Å². The van der Waals surface area contributed by atoms with Crippen LogP contribution >= 0.6 is 23.2 Å². The van der Waals surface area contributed by atoms with Crippen molar-refractivity contribution >= 4 is 51.5 Å². The topological polar surface area (TPSA) is 83.3 Å². The molecule has 0 saturated heterocycles. The molecule has 180 valence electrons. The minimum absolute atomic E-state index is 0.456. The van der Waals surface area contributed by atoms with E-state index in [0.29, 0.717) is 30.5 Å².